The Morgan fingerprint density at radius 3 is 2.61 bits per heavy atom. The van der Waals surface area contributed by atoms with Crippen molar-refractivity contribution in [2.24, 2.45) is 0 Å². The number of carbonyl (C=O) groups is 1. The van der Waals surface area contributed by atoms with Gasteiger partial charge in [-0.1, -0.05) is 32.0 Å². The molecule has 1 fully saturated rings. The summed E-state index contributed by atoms with van der Waals surface area (Å²) in [6, 6.07) is 15.3. The summed E-state index contributed by atoms with van der Waals surface area (Å²) in [6.45, 7) is 6.34. The van der Waals surface area contributed by atoms with Crippen molar-refractivity contribution in [3.05, 3.63) is 78.1 Å². The van der Waals surface area contributed by atoms with Crippen LogP contribution in [0.15, 0.2) is 61.1 Å². The maximum absolute atomic E-state index is 15.6. The van der Waals surface area contributed by atoms with Gasteiger partial charge in [0.1, 0.15) is 17.8 Å². The van der Waals surface area contributed by atoms with E-state index in [1.165, 1.54) is 0 Å². The zero-order chi connectivity index (χ0) is 26.4. The average Bonchev–Trinajstić information content (AvgIpc) is 3.61. The summed E-state index contributed by atoms with van der Waals surface area (Å²) < 4.78 is 23.1. The molecule has 9 heteroatoms. The second kappa shape index (κ2) is 9.48. The Hall–Kier alpha value is -4.40. The number of H-pyrrole nitrogens is 1. The van der Waals surface area contributed by atoms with Crippen LogP contribution in [0.3, 0.4) is 0 Å². The summed E-state index contributed by atoms with van der Waals surface area (Å²) in [5, 5.41) is 8.90. The second-order valence-electron chi connectivity index (χ2n) is 9.89. The zero-order valence-corrected chi connectivity index (χ0v) is 21.6. The third-order valence-electron chi connectivity index (χ3n) is 7.34. The number of nitrogens with one attached hydrogen (secondary N) is 1. The predicted octanol–water partition coefficient (Wildman–Crippen LogP) is 5.11. The van der Waals surface area contributed by atoms with E-state index in [2.05, 4.69) is 20.1 Å². The molecule has 0 aliphatic carbocycles. The Morgan fingerprint density at radius 2 is 1.84 bits per heavy atom. The molecule has 1 N–H and O–H groups in total. The highest BCUT2D eigenvalue weighted by molar-refractivity contribution is 6.04. The lowest BCUT2D eigenvalue weighted by Gasteiger charge is -2.35. The monoisotopic (exact) mass is 512 g/mol. The number of amides is 1. The molecule has 6 rings (SSSR count). The standard InChI is InChI=1S/C29H29FN6O2/c1-18(2)20-15-21(19-7-4-5-9-25(19)38-3)22-16-23(32-27(22)26(20)30)29(37)35-13-11-34(12-14-35)24-8-6-10-36-17-31-33-28(24)36/h4-10,15-18,32H,11-14H2,1-3H3. The molecule has 1 aliphatic heterocycles. The highest BCUT2D eigenvalue weighted by atomic mass is 19.1. The van der Waals surface area contributed by atoms with Gasteiger partial charge in [0.05, 0.1) is 18.3 Å². The van der Waals surface area contributed by atoms with Crippen molar-refractivity contribution in [2.45, 2.75) is 19.8 Å². The fourth-order valence-corrected chi connectivity index (χ4v) is 5.31. The number of para-hydroxylation sites is 1. The molecule has 0 spiro atoms. The van der Waals surface area contributed by atoms with Gasteiger partial charge < -0.3 is 19.5 Å². The number of nitrogens with zero attached hydrogens (tertiary/aromatic N) is 5. The fraction of sp³-hybridized carbons (Fsp3) is 0.276. The minimum Gasteiger partial charge on any atom is -0.496 e. The normalized spacial score (nSPS) is 14.1. The van der Waals surface area contributed by atoms with Crippen molar-refractivity contribution in [2.75, 3.05) is 38.2 Å². The van der Waals surface area contributed by atoms with Crippen LogP contribution in [0.25, 0.3) is 27.7 Å². The maximum atomic E-state index is 15.6. The molecule has 1 aliphatic rings. The number of anilines is 1. The Kier molecular flexibility index (Phi) is 5.98. The van der Waals surface area contributed by atoms with E-state index >= 15 is 4.39 Å². The molecule has 1 amide bonds. The number of aromatic amines is 1. The smallest absolute Gasteiger partial charge is 0.270 e. The van der Waals surface area contributed by atoms with E-state index in [0.717, 1.165) is 22.5 Å². The molecule has 1 saturated heterocycles. The van der Waals surface area contributed by atoms with Gasteiger partial charge in [-0.2, -0.15) is 0 Å². The lowest BCUT2D eigenvalue weighted by atomic mass is 9.93. The largest absolute Gasteiger partial charge is 0.496 e. The number of ether oxygens (including phenoxy) is 1. The van der Waals surface area contributed by atoms with E-state index in [4.69, 9.17) is 4.74 Å². The topological polar surface area (TPSA) is 78.8 Å². The van der Waals surface area contributed by atoms with Gasteiger partial charge in [-0.3, -0.25) is 9.20 Å². The molecule has 0 radical (unpaired) electrons. The number of piperazine rings is 1. The van der Waals surface area contributed by atoms with Gasteiger partial charge >= 0.3 is 0 Å². The van der Waals surface area contributed by atoms with E-state index in [0.29, 0.717) is 54.1 Å². The van der Waals surface area contributed by atoms with E-state index in [-0.39, 0.29) is 17.6 Å². The Balaban J connectivity index is 1.32. The van der Waals surface area contributed by atoms with Crippen molar-refractivity contribution < 1.29 is 13.9 Å². The fourth-order valence-electron chi connectivity index (χ4n) is 5.31. The molecule has 0 atom stereocenters. The number of hydrogen-bond acceptors (Lipinski definition) is 5. The van der Waals surface area contributed by atoms with Gasteiger partial charge in [0.2, 0.25) is 0 Å². The van der Waals surface area contributed by atoms with Crippen molar-refractivity contribution >= 4 is 28.1 Å². The highest BCUT2D eigenvalue weighted by Gasteiger charge is 2.27. The summed E-state index contributed by atoms with van der Waals surface area (Å²) in [4.78, 5) is 20.7. The van der Waals surface area contributed by atoms with E-state index in [1.54, 1.807) is 19.5 Å². The number of methoxy groups -OCH3 is 1. The van der Waals surface area contributed by atoms with Crippen LogP contribution in [0.1, 0.15) is 35.8 Å². The van der Waals surface area contributed by atoms with Gasteiger partial charge in [-0.15, -0.1) is 10.2 Å². The minimum atomic E-state index is -0.320. The first kappa shape index (κ1) is 24.0. The van der Waals surface area contributed by atoms with Crippen LogP contribution in [-0.2, 0) is 0 Å². The van der Waals surface area contributed by atoms with Crippen molar-refractivity contribution in [3.63, 3.8) is 0 Å². The summed E-state index contributed by atoms with van der Waals surface area (Å²) in [7, 11) is 1.62. The summed E-state index contributed by atoms with van der Waals surface area (Å²) in [5.41, 5.74) is 4.80. The van der Waals surface area contributed by atoms with Gasteiger partial charge in [0.15, 0.2) is 11.5 Å². The average molecular weight is 513 g/mol. The Labute approximate surface area is 219 Å². The Morgan fingerprint density at radius 1 is 1.05 bits per heavy atom. The van der Waals surface area contributed by atoms with E-state index in [1.807, 2.05) is 71.8 Å². The first-order chi connectivity index (χ1) is 18.5. The number of benzene rings is 2. The number of hydrogen-bond donors (Lipinski definition) is 1. The molecule has 4 heterocycles. The minimum absolute atomic E-state index is 0.0295. The number of fused-ring (bicyclic) bond motifs is 2. The first-order valence-corrected chi connectivity index (χ1v) is 12.8. The molecular weight excluding hydrogens is 483 g/mol. The molecule has 0 bridgehead atoms. The van der Waals surface area contributed by atoms with Crippen LogP contribution in [0, 0.1) is 5.82 Å². The summed E-state index contributed by atoms with van der Waals surface area (Å²) in [6.07, 6.45) is 3.59. The third kappa shape index (κ3) is 3.95. The van der Waals surface area contributed by atoms with E-state index in [9.17, 15) is 4.79 Å². The lowest BCUT2D eigenvalue weighted by molar-refractivity contribution is 0.0742. The lowest BCUT2D eigenvalue weighted by Crippen LogP contribution is -2.49. The SMILES string of the molecule is COc1ccccc1-c1cc(C(C)C)c(F)c2[nH]c(C(=O)N3CCN(c4cccn5cnnc45)CC3)cc12. The molecule has 194 valence electrons. The second-order valence-corrected chi connectivity index (χ2v) is 9.89. The molecule has 0 unspecified atom stereocenters. The number of halogens is 1. The number of pyridine rings is 1. The summed E-state index contributed by atoms with van der Waals surface area (Å²) in [5.74, 6) is 0.207. The molecule has 8 nitrogen and oxygen atoms in total. The Bertz CT molecular complexity index is 1650. The van der Waals surface area contributed by atoms with Crippen molar-refractivity contribution in [3.8, 4) is 16.9 Å². The molecule has 3 aromatic heterocycles. The van der Waals surface area contributed by atoms with Crippen LogP contribution in [0.2, 0.25) is 0 Å². The van der Waals surface area contributed by atoms with E-state index < -0.39 is 0 Å². The van der Waals surface area contributed by atoms with Crippen LogP contribution in [0.4, 0.5) is 10.1 Å². The van der Waals surface area contributed by atoms with Gasteiger partial charge in [0, 0.05) is 43.3 Å². The van der Waals surface area contributed by atoms with Crippen LogP contribution in [0.5, 0.6) is 5.75 Å². The van der Waals surface area contributed by atoms with Gasteiger partial charge in [0.25, 0.3) is 5.91 Å². The number of aromatic nitrogens is 4. The maximum Gasteiger partial charge on any atom is 0.270 e. The zero-order valence-electron chi connectivity index (χ0n) is 21.6. The number of rotatable bonds is 5. The molecule has 2 aromatic carbocycles. The molecular formula is C29H29FN6O2. The summed E-state index contributed by atoms with van der Waals surface area (Å²) >= 11 is 0. The van der Waals surface area contributed by atoms with Crippen LogP contribution >= 0.6 is 0 Å². The van der Waals surface area contributed by atoms with Crippen LogP contribution < -0.4 is 9.64 Å². The van der Waals surface area contributed by atoms with Gasteiger partial charge in [-0.05, 0) is 47.4 Å². The third-order valence-corrected chi connectivity index (χ3v) is 7.34. The molecule has 38 heavy (non-hydrogen) atoms. The molecule has 0 saturated carbocycles. The van der Waals surface area contributed by atoms with Crippen molar-refractivity contribution in [1.29, 1.82) is 0 Å². The van der Waals surface area contributed by atoms with Gasteiger partial charge in [-0.25, -0.2) is 4.39 Å². The first-order valence-electron chi connectivity index (χ1n) is 12.8. The predicted molar refractivity (Wildman–Crippen MR) is 145 cm³/mol. The van der Waals surface area contributed by atoms with Crippen molar-refractivity contribution in [1.82, 2.24) is 24.5 Å². The van der Waals surface area contributed by atoms with Crippen LogP contribution in [-0.4, -0.2) is 63.7 Å². The highest BCUT2D eigenvalue weighted by Crippen LogP contribution is 2.39. The molecule has 5 aromatic rings. The number of carbonyl (C=O) groups excluding carboxylic acids is 1. The quantitative estimate of drug-likeness (QED) is 0.354.